The predicted molar refractivity (Wildman–Crippen MR) is 108 cm³/mol. The van der Waals surface area contributed by atoms with Crippen LogP contribution in [-0.2, 0) is 11.2 Å². The van der Waals surface area contributed by atoms with E-state index in [0.29, 0.717) is 24.3 Å². The zero-order valence-electron chi connectivity index (χ0n) is 15.5. The lowest BCUT2D eigenvalue weighted by Crippen LogP contribution is -2.30. The molecule has 0 aliphatic heterocycles. The third kappa shape index (κ3) is 3.83. The summed E-state index contributed by atoms with van der Waals surface area (Å²) >= 11 is 0. The Hall–Kier alpha value is -3.74. The molecule has 0 saturated heterocycles. The molecule has 28 heavy (non-hydrogen) atoms. The summed E-state index contributed by atoms with van der Waals surface area (Å²) in [6.45, 7) is 2.03. The molecular weight excluding hydrogens is 352 g/mol. The Bertz CT molecular complexity index is 1110. The first-order valence-electron chi connectivity index (χ1n) is 9.05. The second-order valence-electron chi connectivity index (χ2n) is 6.51. The Balaban J connectivity index is 1.46. The van der Waals surface area contributed by atoms with Gasteiger partial charge >= 0.3 is 0 Å². The molecule has 4 rings (SSSR count). The summed E-state index contributed by atoms with van der Waals surface area (Å²) in [5.74, 6) is 0.402. The molecule has 0 radical (unpaired) electrons. The summed E-state index contributed by atoms with van der Waals surface area (Å²) < 4.78 is 1.76. The number of hydrazine groups is 1. The molecule has 7 nitrogen and oxygen atoms in total. The summed E-state index contributed by atoms with van der Waals surface area (Å²) in [5, 5.41) is 5.16. The van der Waals surface area contributed by atoms with E-state index in [0.717, 1.165) is 22.2 Å². The molecule has 2 N–H and O–H groups in total. The van der Waals surface area contributed by atoms with E-state index in [1.807, 2.05) is 61.5 Å². The third-order valence-corrected chi connectivity index (χ3v) is 4.42. The van der Waals surface area contributed by atoms with Crippen molar-refractivity contribution in [1.29, 1.82) is 0 Å². The van der Waals surface area contributed by atoms with Crippen molar-refractivity contribution in [3.8, 4) is 5.69 Å². The quantitative estimate of drug-likeness (QED) is 0.508. The highest BCUT2D eigenvalue weighted by Gasteiger charge is 2.12. The molecule has 2 aromatic carbocycles. The number of fused-ring (bicyclic) bond motifs is 1. The van der Waals surface area contributed by atoms with Crippen LogP contribution < -0.4 is 10.9 Å². The fourth-order valence-electron chi connectivity index (χ4n) is 2.99. The second kappa shape index (κ2) is 7.87. The lowest BCUT2D eigenvalue weighted by Gasteiger charge is -2.09. The van der Waals surface area contributed by atoms with Crippen molar-refractivity contribution in [3.05, 3.63) is 78.2 Å². The van der Waals surface area contributed by atoms with Crippen LogP contribution in [0.25, 0.3) is 16.7 Å². The van der Waals surface area contributed by atoms with Crippen molar-refractivity contribution in [2.45, 2.75) is 19.8 Å². The van der Waals surface area contributed by atoms with Gasteiger partial charge in [0.25, 0.3) is 0 Å². The van der Waals surface area contributed by atoms with Gasteiger partial charge in [-0.15, -0.1) is 0 Å². The number of hydrogen-bond acceptors (Lipinski definition) is 5. The average Bonchev–Trinajstić information content (AvgIpc) is 3.16. The number of aromatic nitrogens is 4. The Morgan fingerprint density at radius 1 is 1.07 bits per heavy atom. The van der Waals surface area contributed by atoms with E-state index in [9.17, 15) is 4.79 Å². The van der Waals surface area contributed by atoms with Gasteiger partial charge in [-0.1, -0.05) is 42.5 Å². The van der Waals surface area contributed by atoms with Gasteiger partial charge in [-0.3, -0.25) is 15.6 Å². The van der Waals surface area contributed by atoms with Crippen LogP contribution >= 0.6 is 0 Å². The number of hydrogen-bond donors (Lipinski definition) is 2. The molecule has 0 bridgehead atoms. The van der Waals surface area contributed by atoms with Crippen LogP contribution in [0.4, 0.5) is 5.82 Å². The minimum absolute atomic E-state index is 0.110. The van der Waals surface area contributed by atoms with Crippen LogP contribution in [0.5, 0.6) is 0 Å². The molecule has 0 fully saturated rings. The van der Waals surface area contributed by atoms with E-state index in [-0.39, 0.29) is 5.91 Å². The van der Waals surface area contributed by atoms with Gasteiger partial charge in [0.15, 0.2) is 11.5 Å². The summed E-state index contributed by atoms with van der Waals surface area (Å²) in [6.07, 6.45) is 4.21. The fourth-order valence-corrected chi connectivity index (χ4v) is 2.99. The Labute approximate surface area is 162 Å². The minimum atomic E-state index is -0.110. The van der Waals surface area contributed by atoms with Crippen LogP contribution in [0.2, 0.25) is 0 Å². The third-order valence-electron chi connectivity index (χ3n) is 4.42. The van der Waals surface area contributed by atoms with E-state index in [2.05, 4.69) is 25.9 Å². The van der Waals surface area contributed by atoms with Crippen LogP contribution in [0.15, 0.2) is 67.1 Å². The summed E-state index contributed by atoms with van der Waals surface area (Å²) in [6, 6.07) is 17.9. The summed E-state index contributed by atoms with van der Waals surface area (Å²) in [7, 11) is 0. The molecule has 0 saturated carbocycles. The zero-order chi connectivity index (χ0) is 19.3. The lowest BCUT2D eigenvalue weighted by molar-refractivity contribution is -0.120. The highest BCUT2D eigenvalue weighted by atomic mass is 16.2. The maximum Gasteiger partial charge on any atom is 0.238 e. The number of carbonyl (C=O) groups excluding carboxylic acids is 1. The van der Waals surface area contributed by atoms with Crippen molar-refractivity contribution in [1.82, 2.24) is 25.2 Å². The molecule has 1 amide bonds. The number of aryl methyl sites for hydroxylation is 2. The van der Waals surface area contributed by atoms with Crippen LogP contribution in [-0.4, -0.2) is 25.7 Å². The van der Waals surface area contributed by atoms with Gasteiger partial charge in [-0.05, 0) is 36.6 Å². The zero-order valence-corrected chi connectivity index (χ0v) is 15.5. The van der Waals surface area contributed by atoms with Crippen LogP contribution in [0, 0.1) is 6.92 Å². The first-order chi connectivity index (χ1) is 13.7. The number of benzene rings is 2. The largest absolute Gasteiger partial charge is 0.281 e. The van der Waals surface area contributed by atoms with Crippen molar-refractivity contribution in [2.24, 2.45) is 0 Å². The number of carbonyl (C=O) groups is 1. The maximum atomic E-state index is 12.2. The fraction of sp³-hybridized carbons (Fsp3) is 0.143. The second-order valence-corrected chi connectivity index (χ2v) is 6.51. The van der Waals surface area contributed by atoms with E-state index in [1.54, 1.807) is 10.9 Å². The van der Waals surface area contributed by atoms with Crippen LogP contribution in [0.3, 0.4) is 0 Å². The molecular formula is C21H20N6O. The van der Waals surface area contributed by atoms with Gasteiger partial charge in [0.1, 0.15) is 6.33 Å². The van der Waals surface area contributed by atoms with E-state index >= 15 is 0 Å². The molecule has 7 heteroatoms. The summed E-state index contributed by atoms with van der Waals surface area (Å²) in [4.78, 5) is 20.7. The van der Waals surface area contributed by atoms with Gasteiger partial charge in [-0.2, -0.15) is 5.10 Å². The first kappa shape index (κ1) is 17.7. The lowest BCUT2D eigenvalue weighted by atomic mass is 10.1. The van der Waals surface area contributed by atoms with Gasteiger partial charge in [-0.25, -0.2) is 14.6 Å². The molecule has 4 aromatic rings. The standard InChI is InChI=1S/C21H20N6O/c1-15-6-5-9-17(12-15)27-21-18(13-24-27)20(22-14-23-21)26-25-19(28)11-10-16-7-3-2-4-8-16/h2-9,12-14H,10-11H2,1H3,(H,25,28)(H,22,23,26). The SMILES string of the molecule is Cc1cccc(-n2ncc3c(NNC(=O)CCc4ccccc4)ncnc32)c1. The Morgan fingerprint density at radius 3 is 2.75 bits per heavy atom. The van der Waals surface area contributed by atoms with E-state index in [1.165, 1.54) is 6.33 Å². The average molecular weight is 372 g/mol. The molecule has 0 aliphatic rings. The number of nitrogens with zero attached hydrogens (tertiary/aromatic N) is 4. The van der Waals surface area contributed by atoms with Gasteiger partial charge in [0.05, 0.1) is 17.3 Å². The molecule has 0 atom stereocenters. The van der Waals surface area contributed by atoms with Crippen molar-refractivity contribution >= 4 is 22.8 Å². The molecule has 2 aromatic heterocycles. The number of nitrogens with one attached hydrogen (secondary N) is 2. The predicted octanol–water partition coefficient (Wildman–Crippen LogP) is 3.20. The Morgan fingerprint density at radius 2 is 1.93 bits per heavy atom. The molecule has 0 spiro atoms. The topological polar surface area (TPSA) is 84.7 Å². The minimum Gasteiger partial charge on any atom is -0.281 e. The molecule has 140 valence electrons. The molecule has 2 heterocycles. The number of anilines is 1. The van der Waals surface area contributed by atoms with E-state index in [4.69, 9.17) is 0 Å². The normalized spacial score (nSPS) is 10.8. The number of amides is 1. The monoisotopic (exact) mass is 372 g/mol. The smallest absolute Gasteiger partial charge is 0.238 e. The highest BCUT2D eigenvalue weighted by Crippen LogP contribution is 2.21. The van der Waals surface area contributed by atoms with Crippen molar-refractivity contribution in [3.63, 3.8) is 0 Å². The van der Waals surface area contributed by atoms with Crippen molar-refractivity contribution in [2.75, 3.05) is 5.43 Å². The molecule has 0 unspecified atom stereocenters. The number of rotatable bonds is 6. The van der Waals surface area contributed by atoms with Gasteiger partial charge < -0.3 is 0 Å². The van der Waals surface area contributed by atoms with Crippen molar-refractivity contribution < 1.29 is 4.79 Å². The summed E-state index contributed by atoms with van der Waals surface area (Å²) in [5.41, 5.74) is 9.45. The highest BCUT2D eigenvalue weighted by molar-refractivity contribution is 5.88. The van der Waals surface area contributed by atoms with E-state index < -0.39 is 0 Å². The van der Waals surface area contributed by atoms with Crippen LogP contribution in [0.1, 0.15) is 17.5 Å². The Kier molecular flexibility index (Phi) is 4.97. The molecule has 0 aliphatic carbocycles. The maximum absolute atomic E-state index is 12.2. The first-order valence-corrected chi connectivity index (χ1v) is 9.05. The van der Waals surface area contributed by atoms with Gasteiger partial charge in [0.2, 0.25) is 5.91 Å². The van der Waals surface area contributed by atoms with Gasteiger partial charge in [0, 0.05) is 6.42 Å².